The molecule has 3 aromatic rings. The van der Waals surface area contributed by atoms with Crippen molar-refractivity contribution in [1.82, 2.24) is 5.32 Å². The highest BCUT2D eigenvalue weighted by Gasteiger charge is 2.41. The van der Waals surface area contributed by atoms with E-state index in [2.05, 4.69) is 5.32 Å². The predicted molar refractivity (Wildman–Crippen MR) is 127 cm³/mol. The number of carbonyl (C=O) groups is 2. The molecule has 1 heterocycles. The molecule has 2 amide bonds. The topological polar surface area (TPSA) is 67.9 Å². The summed E-state index contributed by atoms with van der Waals surface area (Å²) in [5, 5.41) is 2.88. The van der Waals surface area contributed by atoms with Crippen LogP contribution in [0.3, 0.4) is 0 Å². The second kappa shape index (κ2) is 10.4. The molecule has 34 heavy (non-hydrogen) atoms. The summed E-state index contributed by atoms with van der Waals surface area (Å²) in [5.41, 5.74) is 1.91. The van der Waals surface area contributed by atoms with Gasteiger partial charge in [0, 0.05) is 24.2 Å². The normalized spacial score (nSPS) is 17.9. The first-order valence-corrected chi connectivity index (χ1v) is 11.1. The standard InChI is InChI=1S/C27H27FN2O4/c1-33-21-11-7-18(8-12-21)26-23(27(32)29-17-19-5-3-4-6-24(19)28)15-16-25(31)30(26)20-9-13-22(34-2)14-10-20/h3-14,23,26H,15-17H2,1-2H3,(H,29,32). The van der Waals surface area contributed by atoms with Gasteiger partial charge in [-0.05, 0) is 54.4 Å². The molecule has 6 nitrogen and oxygen atoms in total. The van der Waals surface area contributed by atoms with Crippen LogP contribution in [0.25, 0.3) is 0 Å². The number of methoxy groups -OCH3 is 2. The second-order valence-corrected chi connectivity index (χ2v) is 8.13. The van der Waals surface area contributed by atoms with Crippen molar-refractivity contribution >= 4 is 17.5 Å². The molecule has 1 N–H and O–H groups in total. The number of ether oxygens (including phenoxy) is 2. The highest BCUT2D eigenvalue weighted by atomic mass is 19.1. The largest absolute Gasteiger partial charge is 0.497 e. The third-order valence-corrected chi connectivity index (χ3v) is 6.15. The Hall–Kier alpha value is -3.87. The van der Waals surface area contributed by atoms with Crippen LogP contribution >= 0.6 is 0 Å². The molecule has 1 saturated heterocycles. The number of nitrogens with zero attached hydrogens (tertiary/aromatic N) is 1. The van der Waals surface area contributed by atoms with E-state index in [0.29, 0.717) is 29.2 Å². The first kappa shape index (κ1) is 23.3. The zero-order valence-electron chi connectivity index (χ0n) is 19.2. The lowest BCUT2D eigenvalue weighted by molar-refractivity contribution is -0.129. The summed E-state index contributed by atoms with van der Waals surface area (Å²) in [7, 11) is 3.17. The van der Waals surface area contributed by atoms with Gasteiger partial charge in [-0.1, -0.05) is 30.3 Å². The van der Waals surface area contributed by atoms with Gasteiger partial charge >= 0.3 is 0 Å². The maximum absolute atomic E-state index is 14.1. The van der Waals surface area contributed by atoms with Gasteiger partial charge in [-0.2, -0.15) is 0 Å². The molecule has 1 aliphatic heterocycles. The Kier molecular flexibility index (Phi) is 7.11. The minimum absolute atomic E-state index is 0.0656. The van der Waals surface area contributed by atoms with Gasteiger partial charge in [-0.15, -0.1) is 0 Å². The number of amides is 2. The van der Waals surface area contributed by atoms with E-state index in [0.717, 1.165) is 5.56 Å². The van der Waals surface area contributed by atoms with Crippen LogP contribution in [0.15, 0.2) is 72.8 Å². The van der Waals surface area contributed by atoms with Crippen LogP contribution in [0.5, 0.6) is 11.5 Å². The summed E-state index contributed by atoms with van der Waals surface area (Å²) in [6.07, 6.45) is 0.627. The number of benzene rings is 3. The second-order valence-electron chi connectivity index (χ2n) is 8.13. The van der Waals surface area contributed by atoms with Gasteiger partial charge in [-0.25, -0.2) is 4.39 Å². The molecule has 176 valence electrons. The molecule has 0 radical (unpaired) electrons. The number of piperidine rings is 1. The number of hydrogen-bond acceptors (Lipinski definition) is 4. The zero-order chi connectivity index (χ0) is 24.1. The molecule has 1 aliphatic rings. The van der Waals surface area contributed by atoms with Crippen LogP contribution in [-0.2, 0) is 16.1 Å². The molecule has 1 fully saturated rings. The molecular weight excluding hydrogens is 435 g/mol. The monoisotopic (exact) mass is 462 g/mol. The highest BCUT2D eigenvalue weighted by Crippen LogP contribution is 2.41. The van der Waals surface area contributed by atoms with Gasteiger partial charge in [0.15, 0.2) is 0 Å². The third-order valence-electron chi connectivity index (χ3n) is 6.15. The molecule has 2 unspecified atom stereocenters. The van der Waals surface area contributed by atoms with Crippen molar-refractivity contribution in [3.05, 3.63) is 89.7 Å². The molecule has 4 rings (SSSR count). The van der Waals surface area contributed by atoms with Gasteiger partial charge in [0.1, 0.15) is 17.3 Å². The fraction of sp³-hybridized carbons (Fsp3) is 0.259. The SMILES string of the molecule is COc1ccc(C2C(C(=O)NCc3ccccc3F)CCC(=O)N2c2ccc(OC)cc2)cc1. The molecule has 0 saturated carbocycles. The van der Waals surface area contributed by atoms with E-state index in [1.807, 2.05) is 36.4 Å². The Morgan fingerprint density at radius 3 is 2.21 bits per heavy atom. The Labute approximate surface area is 198 Å². The van der Waals surface area contributed by atoms with Crippen LogP contribution in [0.2, 0.25) is 0 Å². The van der Waals surface area contributed by atoms with Gasteiger partial charge in [-0.3, -0.25) is 9.59 Å². The maximum atomic E-state index is 14.1. The summed E-state index contributed by atoms with van der Waals surface area (Å²) in [4.78, 5) is 28.2. The Morgan fingerprint density at radius 1 is 0.971 bits per heavy atom. The van der Waals surface area contributed by atoms with Crippen molar-refractivity contribution in [3.8, 4) is 11.5 Å². The van der Waals surface area contributed by atoms with Gasteiger partial charge in [0.05, 0.1) is 26.2 Å². The number of carbonyl (C=O) groups excluding carboxylic acids is 2. The van der Waals surface area contributed by atoms with Gasteiger partial charge < -0.3 is 19.7 Å². The average molecular weight is 463 g/mol. The Bertz CT molecular complexity index is 1150. The van der Waals surface area contributed by atoms with Gasteiger partial charge in [0.25, 0.3) is 0 Å². The van der Waals surface area contributed by atoms with Crippen molar-refractivity contribution in [3.63, 3.8) is 0 Å². The quantitative estimate of drug-likeness (QED) is 0.555. The van der Waals surface area contributed by atoms with E-state index >= 15 is 0 Å². The molecule has 3 aromatic carbocycles. The third kappa shape index (κ3) is 4.88. The van der Waals surface area contributed by atoms with Crippen LogP contribution in [0, 0.1) is 11.7 Å². The maximum Gasteiger partial charge on any atom is 0.227 e. The van der Waals surface area contributed by atoms with Crippen molar-refractivity contribution in [2.24, 2.45) is 5.92 Å². The fourth-order valence-electron chi connectivity index (χ4n) is 4.35. The number of rotatable bonds is 7. The molecule has 2 atom stereocenters. The number of halogens is 1. The van der Waals surface area contributed by atoms with E-state index < -0.39 is 12.0 Å². The number of hydrogen-bond donors (Lipinski definition) is 1. The summed E-state index contributed by atoms with van der Waals surface area (Å²) in [5.74, 6) is 0.184. The summed E-state index contributed by atoms with van der Waals surface area (Å²) < 4.78 is 24.6. The Morgan fingerprint density at radius 2 is 1.59 bits per heavy atom. The van der Waals surface area contributed by atoms with Crippen LogP contribution in [0.4, 0.5) is 10.1 Å². The summed E-state index contributed by atoms with van der Waals surface area (Å²) >= 11 is 0. The van der Waals surface area contributed by atoms with Crippen molar-refractivity contribution < 1.29 is 23.5 Å². The van der Waals surface area contributed by atoms with Crippen LogP contribution < -0.4 is 19.7 Å². The van der Waals surface area contributed by atoms with E-state index in [1.54, 1.807) is 49.5 Å². The minimum atomic E-state index is -0.527. The first-order chi connectivity index (χ1) is 16.5. The van der Waals surface area contributed by atoms with E-state index in [-0.39, 0.29) is 30.6 Å². The lowest BCUT2D eigenvalue weighted by atomic mass is 9.83. The molecule has 7 heteroatoms. The van der Waals surface area contributed by atoms with E-state index in [1.165, 1.54) is 6.07 Å². The van der Waals surface area contributed by atoms with E-state index in [4.69, 9.17) is 9.47 Å². The van der Waals surface area contributed by atoms with Crippen LogP contribution in [0.1, 0.15) is 30.0 Å². The van der Waals surface area contributed by atoms with Crippen molar-refractivity contribution in [1.29, 1.82) is 0 Å². The molecule has 0 aromatic heterocycles. The smallest absolute Gasteiger partial charge is 0.227 e. The zero-order valence-corrected chi connectivity index (χ0v) is 19.2. The highest BCUT2D eigenvalue weighted by molar-refractivity contribution is 5.97. The number of anilines is 1. The fourth-order valence-corrected chi connectivity index (χ4v) is 4.35. The van der Waals surface area contributed by atoms with Crippen LogP contribution in [-0.4, -0.2) is 26.0 Å². The predicted octanol–water partition coefficient (Wildman–Crippen LogP) is 4.64. The number of nitrogens with one attached hydrogen (secondary N) is 1. The molecule has 0 bridgehead atoms. The lowest BCUT2D eigenvalue weighted by Crippen LogP contribution is -2.48. The van der Waals surface area contributed by atoms with E-state index in [9.17, 15) is 14.0 Å². The van der Waals surface area contributed by atoms with Crippen molar-refractivity contribution in [2.45, 2.75) is 25.4 Å². The summed E-state index contributed by atoms with van der Waals surface area (Å²) in [6, 6.07) is 20.4. The lowest BCUT2D eigenvalue weighted by Gasteiger charge is -2.41. The minimum Gasteiger partial charge on any atom is -0.497 e. The molecule has 0 spiro atoms. The average Bonchev–Trinajstić information content (AvgIpc) is 2.88. The Balaban J connectivity index is 1.67. The molecular formula is C27H27FN2O4. The van der Waals surface area contributed by atoms with Gasteiger partial charge in [0.2, 0.25) is 11.8 Å². The first-order valence-electron chi connectivity index (χ1n) is 11.1. The van der Waals surface area contributed by atoms with Crippen molar-refractivity contribution in [2.75, 3.05) is 19.1 Å². The molecule has 0 aliphatic carbocycles. The summed E-state index contributed by atoms with van der Waals surface area (Å²) in [6.45, 7) is 0.0772.